The number of carbonyl (C=O) groups is 1. The third-order valence-corrected chi connectivity index (χ3v) is 4.55. The van der Waals surface area contributed by atoms with Gasteiger partial charge in [0.15, 0.2) is 0 Å². The summed E-state index contributed by atoms with van der Waals surface area (Å²) in [5.74, 6) is 0.0350. The Morgan fingerprint density at radius 3 is 3.08 bits per heavy atom. The lowest BCUT2D eigenvalue weighted by molar-refractivity contribution is 0.0673. The van der Waals surface area contributed by atoms with Gasteiger partial charge in [0, 0.05) is 25.2 Å². The van der Waals surface area contributed by atoms with Gasteiger partial charge in [0.25, 0.3) is 5.91 Å². The first-order valence-corrected chi connectivity index (χ1v) is 8.23. The van der Waals surface area contributed by atoms with E-state index in [9.17, 15) is 4.79 Å². The summed E-state index contributed by atoms with van der Waals surface area (Å²) < 4.78 is 3.67. The van der Waals surface area contributed by atoms with Crippen LogP contribution in [0.25, 0.3) is 11.0 Å². The molecule has 1 atom stereocenters. The maximum Gasteiger partial charge on any atom is 0.254 e. The molecule has 0 unspecified atom stereocenters. The lowest BCUT2D eigenvalue weighted by atomic mass is 10.0. The Morgan fingerprint density at radius 1 is 1.38 bits per heavy atom. The first-order chi connectivity index (χ1) is 11.8. The molecule has 8 nitrogen and oxygen atoms in total. The van der Waals surface area contributed by atoms with Crippen LogP contribution in [0, 0.1) is 0 Å². The number of nitrogens with zero attached hydrogens (tertiary/aromatic N) is 7. The number of aryl methyl sites for hydroxylation is 1. The second-order valence-corrected chi connectivity index (χ2v) is 6.03. The number of hydrogen-bond acceptors (Lipinski definition) is 5. The van der Waals surface area contributed by atoms with E-state index in [0.29, 0.717) is 12.1 Å². The van der Waals surface area contributed by atoms with Crippen molar-refractivity contribution in [3.63, 3.8) is 0 Å². The van der Waals surface area contributed by atoms with Crippen molar-refractivity contribution in [3.8, 4) is 0 Å². The van der Waals surface area contributed by atoms with Gasteiger partial charge in [0.05, 0.1) is 11.6 Å². The molecule has 24 heavy (non-hydrogen) atoms. The van der Waals surface area contributed by atoms with Gasteiger partial charge in [-0.25, -0.2) is 14.3 Å². The van der Waals surface area contributed by atoms with Crippen molar-refractivity contribution in [2.45, 2.75) is 32.4 Å². The predicted molar refractivity (Wildman–Crippen MR) is 87.4 cm³/mol. The smallest absolute Gasteiger partial charge is 0.254 e. The normalized spacial score (nSPS) is 18.2. The molecule has 1 saturated heterocycles. The molecule has 0 spiro atoms. The quantitative estimate of drug-likeness (QED) is 0.729. The molecule has 0 saturated carbocycles. The van der Waals surface area contributed by atoms with Crippen LogP contribution in [0.5, 0.6) is 0 Å². The second-order valence-electron chi connectivity index (χ2n) is 6.03. The molecule has 3 heterocycles. The molecule has 0 bridgehead atoms. The topological polar surface area (TPSA) is 81.7 Å². The van der Waals surface area contributed by atoms with Crippen LogP contribution >= 0.6 is 0 Å². The predicted octanol–water partition coefficient (Wildman–Crippen LogP) is 1.52. The monoisotopic (exact) mass is 325 g/mol. The molecule has 1 amide bonds. The van der Waals surface area contributed by atoms with Gasteiger partial charge in [-0.05, 0) is 38.0 Å². The van der Waals surface area contributed by atoms with Crippen LogP contribution in [-0.4, -0.2) is 53.7 Å². The van der Waals surface area contributed by atoms with Gasteiger partial charge in [-0.2, -0.15) is 5.10 Å². The highest BCUT2D eigenvalue weighted by Gasteiger charge is 2.26. The Labute approximate surface area is 139 Å². The van der Waals surface area contributed by atoms with Gasteiger partial charge in [-0.15, -0.1) is 5.10 Å². The van der Waals surface area contributed by atoms with Gasteiger partial charge in [-0.1, -0.05) is 5.21 Å². The Morgan fingerprint density at radius 2 is 2.29 bits per heavy atom. The van der Waals surface area contributed by atoms with E-state index in [1.807, 2.05) is 39.4 Å². The largest absolute Gasteiger partial charge is 0.336 e. The molecule has 0 N–H and O–H groups in total. The summed E-state index contributed by atoms with van der Waals surface area (Å²) in [6.07, 6.45) is 5.22. The van der Waals surface area contributed by atoms with Gasteiger partial charge in [0.1, 0.15) is 18.2 Å². The summed E-state index contributed by atoms with van der Waals surface area (Å²) in [6, 6.07) is 5.80. The van der Waals surface area contributed by atoms with Crippen molar-refractivity contribution in [3.05, 3.63) is 36.4 Å². The number of benzene rings is 1. The van der Waals surface area contributed by atoms with Crippen molar-refractivity contribution < 1.29 is 4.79 Å². The highest BCUT2D eigenvalue weighted by atomic mass is 16.2. The summed E-state index contributed by atoms with van der Waals surface area (Å²) >= 11 is 0. The highest BCUT2D eigenvalue weighted by molar-refractivity contribution is 5.97. The Bertz CT molecular complexity index is 855. The second kappa shape index (κ2) is 6.03. The minimum atomic E-state index is 0.0350. The Balaban J connectivity index is 1.56. The number of carbonyl (C=O) groups excluding carboxylic acids is 1. The lowest BCUT2D eigenvalue weighted by Crippen LogP contribution is -2.40. The molecule has 0 radical (unpaired) electrons. The van der Waals surface area contributed by atoms with E-state index < -0.39 is 0 Å². The molecule has 4 rings (SSSR count). The molecule has 124 valence electrons. The van der Waals surface area contributed by atoms with Gasteiger partial charge in [-0.3, -0.25) is 4.79 Å². The molecule has 1 fully saturated rings. The van der Waals surface area contributed by atoms with Crippen LogP contribution in [0.15, 0.2) is 30.9 Å². The zero-order valence-electron chi connectivity index (χ0n) is 13.5. The Kier molecular flexibility index (Phi) is 3.72. The minimum Gasteiger partial charge on any atom is -0.336 e. The zero-order valence-corrected chi connectivity index (χ0v) is 13.5. The van der Waals surface area contributed by atoms with Crippen LogP contribution in [0.3, 0.4) is 0 Å². The number of amides is 1. The number of fused-ring (bicyclic) bond motifs is 1. The summed E-state index contributed by atoms with van der Waals surface area (Å²) in [4.78, 5) is 18.8. The molecule has 3 aromatic rings. The fraction of sp³-hybridized carbons (Fsp3) is 0.438. The standard InChI is InChI=1S/C16H19N7O/c1-2-22-15-6-5-12(8-14(15)19-20-22)16(24)21-7-3-4-13(9-21)23-11-17-10-18-23/h5-6,8,10-11,13H,2-4,7,9H2,1H3/t13-/m0/s1. The van der Waals surface area contributed by atoms with Crippen LogP contribution in [0.4, 0.5) is 0 Å². The van der Waals surface area contributed by atoms with E-state index in [2.05, 4.69) is 20.4 Å². The van der Waals surface area contributed by atoms with Gasteiger partial charge in [0.2, 0.25) is 0 Å². The summed E-state index contributed by atoms with van der Waals surface area (Å²) in [6.45, 7) is 4.20. The van der Waals surface area contributed by atoms with Crippen molar-refractivity contribution in [2.75, 3.05) is 13.1 Å². The molecular formula is C16H19N7O. The van der Waals surface area contributed by atoms with Crippen molar-refractivity contribution in [1.82, 2.24) is 34.7 Å². The zero-order chi connectivity index (χ0) is 16.5. The van der Waals surface area contributed by atoms with E-state index >= 15 is 0 Å². The fourth-order valence-electron chi connectivity index (χ4n) is 3.28. The third-order valence-electron chi connectivity index (χ3n) is 4.55. The highest BCUT2D eigenvalue weighted by Crippen LogP contribution is 2.23. The maximum absolute atomic E-state index is 12.9. The van der Waals surface area contributed by atoms with Crippen LogP contribution in [0.1, 0.15) is 36.2 Å². The Hall–Kier alpha value is -2.77. The van der Waals surface area contributed by atoms with Crippen molar-refractivity contribution >= 4 is 16.9 Å². The molecule has 0 aliphatic carbocycles. The van der Waals surface area contributed by atoms with E-state index in [-0.39, 0.29) is 11.9 Å². The summed E-state index contributed by atoms with van der Waals surface area (Å²) in [7, 11) is 0. The van der Waals surface area contributed by atoms with Crippen molar-refractivity contribution in [2.24, 2.45) is 0 Å². The van der Waals surface area contributed by atoms with Gasteiger partial charge < -0.3 is 4.90 Å². The molecule has 1 aromatic carbocycles. The number of aromatic nitrogens is 6. The van der Waals surface area contributed by atoms with Crippen molar-refractivity contribution in [1.29, 1.82) is 0 Å². The van der Waals surface area contributed by atoms with Crippen LogP contribution in [0.2, 0.25) is 0 Å². The molecular weight excluding hydrogens is 306 g/mol. The van der Waals surface area contributed by atoms with E-state index in [0.717, 1.165) is 37.0 Å². The minimum absolute atomic E-state index is 0.0350. The fourth-order valence-corrected chi connectivity index (χ4v) is 3.28. The lowest BCUT2D eigenvalue weighted by Gasteiger charge is -2.32. The number of rotatable bonds is 3. The van der Waals surface area contributed by atoms with E-state index in [1.54, 1.807) is 6.33 Å². The molecule has 8 heteroatoms. The number of hydrogen-bond donors (Lipinski definition) is 0. The molecule has 1 aliphatic rings. The number of piperidine rings is 1. The van der Waals surface area contributed by atoms with Crippen LogP contribution in [-0.2, 0) is 6.54 Å². The first kappa shape index (κ1) is 14.8. The first-order valence-electron chi connectivity index (χ1n) is 8.23. The van der Waals surface area contributed by atoms with E-state index in [4.69, 9.17) is 0 Å². The van der Waals surface area contributed by atoms with E-state index in [1.165, 1.54) is 6.33 Å². The SMILES string of the molecule is CCn1nnc2cc(C(=O)N3CCC[C@H](n4cncn4)C3)ccc21. The molecule has 1 aliphatic heterocycles. The van der Waals surface area contributed by atoms with Crippen LogP contribution < -0.4 is 0 Å². The average Bonchev–Trinajstić information content (AvgIpc) is 3.30. The third kappa shape index (κ3) is 2.53. The maximum atomic E-state index is 12.9. The number of likely N-dealkylation sites (tertiary alicyclic amines) is 1. The van der Waals surface area contributed by atoms with Gasteiger partial charge >= 0.3 is 0 Å². The summed E-state index contributed by atoms with van der Waals surface area (Å²) in [5.41, 5.74) is 2.37. The molecule has 2 aromatic heterocycles. The summed E-state index contributed by atoms with van der Waals surface area (Å²) in [5, 5.41) is 12.5. The average molecular weight is 325 g/mol.